The lowest BCUT2D eigenvalue weighted by atomic mass is 10.1. The van der Waals surface area contributed by atoms with E-state index in [2.05, 4.69) is 9.82 Å². The fourth-order valence-corrected chi connectivity index (χ4v) is 4.24. The minimum absolute atomic E-state index is 0.0732. The summed E-state index contributed by atoms with van der Waals surface area (Å²) in [5.41, 5.74) is -1.27. The van der Waals surface area contributed by atoms with Gasteiger partial charge in [-0.2, -0.15) is 18.3 Å². The van der Waals surface area contributed by atoms with Crippen LogP contribution in [0.2, 0.25) is 0 Å². The van der Waals surface area contributed by atoms with Gasteiger partial charge in [-0.15, -0.1) is 0 Å². The lowest BCUT2D eigenvalue weighted by molar-refractivity contribution is -0.137. The maximum atomic E-state index is 13.2. The Morgan fingerprint density at radius 3 is 2.50 bits per heavy atom. The number of sulfonamides is 1. The summed E-state index contributed by atoms with van der Waals surface area (Å²) >= 11 is 0. The molecule has 0 aliphatic carbocycles. The van der Waals surface area contributed by atoms with Gasteiger partial charge in [0.25, 0.3) is 10.0 Å². The summed E-state index contributed by atoms with van der Waals surface area (Å²) in [6.45, 7) is 1.67. The molecule has 0 radical (unpaired) electrons. The van der Waals surface area contributed by atoms with Crippen molar-refractivity contribution in [2.24, 2.45) is 0 Å². The molecule has 2 N–H and O–H groups in total. The zero-order chi connectivity index (χ0) is 22.1. The van der Waals surface area contributed by atoms with Crippen LogP contribution in [-0.2, 0) is 22.6 Å². The molecule has 30 heavy (non-hydrogen) atoms. The van der Waals surface area contributed by atoms with E-state index in [1.165, 1.54) is 35.3 Å². The number of aryl methyl sites for hydroxylation is 1. The van der Waals surface area contributed by atoms with E-state index < -0.39 is 27.7 Å². The highest BCUT2D eigenvalue weighted by atomic mass is 32.2. The number of anilines is 1. The minimum atomic E-state index is -4.69. The van der Waals surface area contributed by atoms with Crippen LogP contribution in [0.5, 0.6) is 0 Å². The van der Waals surface area contributed by atoms with Crippen LogP contribution in [0.4, 0.5) is 18.9 Å². The van der Waals surface area contributed by atoms with Gasteiger partial charge in [-0.05, 0) is 48.4 Å². The molecule has 0 fully saturated rings. The molecule has 11 heteroatoms. The molecule has 0 bridgehead atoms. The quantitative estimate of drug-likeness (QED) is 0.606. The van der Waals surface area contributed by atoms with Crippen LogP contribution >= 0.6 is 0 Å². The van der Waals surface area contributed by atoms with Crippen molar-refractivity contribution in [1.82, 2.24) is 9.78 Å². The summed E-state index contributed by atoms with van der Waals surface area (Å²) in [4.78, 5) is 10.9. The van der Waals surface area contributed by atoms with Crippen LogP contribution in [0.15, 0.2) is 59.8 Å². The number of nitrogens with zero attached hydrogens (tertiary/aromatic N) is 2. The van der Waals surface area contributed by atoms with Crippen molar-refractivity contribution in [3.63, 3.8) is 0 Å². The summed E-state index contributed by atoms with van der Waals surface area (Å²) in [5.74, 6) is -1.33. The Bertz CT molecular complexity index is 1190. The van der Waals surface area contributed by atoms with Crippen LogP contribution in [0.3, 0.4) is 0 Å². The Labute approximate surface area is 169 Å². The highest BCUT2D eigenvalue weighted by Gasteiger charge is 2.32. The number of halogens is 3. The average Bonchev–Trinajstić information content (AvgIpc) is 3.20. The first-order valence-corrected chi connectivity index (χ1v) is 10.1. The first-order chi connectivity index (χ1) is 14.0. The molecule has 7 nitrogen and oxygen atoms in total. The Hall–Kier alpha value is -3.34. The van der Waals surface area contributed by atoms with E-state index in [0.29, 0.717) is 11.6 Å². The van der Waals surface area contributed by atoms with Gasteiger partial charge in [0.1, 0.15) is 0 Å². The standard InChI is InChI=1S/C19H16F3N3O4S/c1-2-12-4-5-13(18(26)27)10-17(12)30(28,29)24-15-11-14(19(20,21)22)6-7-16(15)25-9-3-8-23-25/h3-11,24H,2H2,1H3,(H,26,27). The molecule has 0 amide bonds. The summed E-state index contributed by atoms with van der Waals surface area (Å²) in [7, 11) is -4.41. The molecule has 0 saturated carbocycles. The lowest BCUT2D eigenvalue weighted by Gasteiger charge is -2.17. The smallest absolute Gasteiger partial charge is 0.416 e. The number of hydrogen-bond donors (Lipinski definition) is 2. The van der Waals surface area contributed by atoms with Gasteiger partial charge < -0.3 is 5.11 Å². The third-order valence-electron chi connectivity index (χ3n) is 4.30. The second kappa shape index (κ2) is 7.82. The predicted octanol–water partition coefficient (Wildman–Crippen LogP) is 3.95. The third-order valence-corrected chi connectivity index (χ3v) is 5.75. The molecule has 0 aliphatic heterocycles. The van der Waals surface area contributed by atoms with Gasteiger partial charge in [0, 0.05) is 12.4 Å². The minimum Gasteiger partial charge on any atom is -0.478 e. The Kier molecular flexibility index (Phi) is 5.57. The zero-order valence-corrected chi connectivity index (χ0v) is 16.3. The topological polar surface area (TPSA) is 101 Å². The first kappa shape index (κ1) is 21.4. The van der Waals surface area contributed by atoms with Crippen molar-refractivity contribution < 1.29 is 31.5 Å². The Balaban J connectivity index is 2.15. The van der Waals surface area contributed by atoms with Crippen LogP contribution in [0.25, 0.3) is 5.69 Å². The molecule has 3 rings (SSSR count). The van der Waals surface area contributed by atoms with Crippen LogP contribution in [-0.4, -0.2) is 29.3 Å². The molecule has 158 valence electrons. The van der Waals surface area contributed by atoms with Crippen molar-refractivity contribution >= 4 is 21.7 Å². The number of alkyl halides is 3. The van der Waals surface area contributed by atoms with E-state index in [1.807, 2.05) is 0 Å². The summed E-state index contributed by atoms with van der Waals surface area (Å²) < 4.78 is 69.0. The van der Waals surface area contributed by atoms with Gasteiger partial charge in [0.2, 0.25) is 0 Å². The molecule has 0 unspecified atom stereocenters. The maximum Gasteiger partial charge on any atom is 0.416 e. The molecule has 0 spiro atoms. The van der Waals surface area contributed by atoms with Crippen molar-refractivity contribution in [3.8, 4) is 5.69 Å². The number of rotatable bonds is 6. The second-order valence-corrected chi connectivity index (χ2v) is 7.92. The molecule has 2 aromatic carbocycles. The summed E-state index contributed by atoms with van der Waals surface area (Å²) in [6, 6.07) is 7.71. The molecule has 1 aromatic heterocycles. The largest absolute Gasteiger partial charge is 0.478 e. The van der Waals surface area contributed by atoms with Crippen LogP contribution in [0, 0.1) is 0 Å². The van der Waals surface area contributed by atoms with Gasteiger partial charge in [0.15, 0.2) is 0 Å². The number of benzene rings is 2. The Morgan fingerprint density at radius 2 is 1.93 bits per heavy atom. The number of nitrogens with one attached hydrogen (secondary N) is 1. The zero-order valence-electron chi connectivity index (χ0n) is 15.5. The van der Waals surface area contributed by atoms with Gasteiger partial charge in [-0.25, -0.2) is 17.9 Å². The van der Waals surface area contributed by atoms with E-state index >= 15 is 0 Å². The van der Waals surface area contributed by atoms with E-state index in [1.54, 1.807) is 6.92 Å². The molecule has 3 aromatic rings. The van der Waals surface area contributed by atoms with Gasteiger partial charge >= 0.3 is 12.1 Å². The van der Waals surface area contributed by atoms with E-state index in [-0.39, 0.29) is 28.3 Å². The first-order valence-electron chi connectivity index (χ1n) is 8.63. The van der Waals surface area contributed by atoms with Crippen molar-refractivity contribution in [2.45, 2.75) is 24.4 Å². The highest BCUT2D eigenvalue weighted by molar-refractivity contribution is 7.92. The third kappa shape index (κ3) is 4.30. The molecule has 0 aliphatic rings. The number of hydrogen-bond acceptors (Lipinski definition) is 4. The molecular weight excluding hydrogens is 423 g/mol. The normalized spacial score (nSPS) is 12.0. The number of carboxylic acids is 1. The number of aromatic carboxylic acids is 1. The van der Waals surface area contributed by atoms with E-state index in [9.17, 15) is 31.5 Å². The summed E-state index contributed by atoms with van der Waals surface area (Å²) in [5, 5.41) is 13.1. The van der Waals surface area contributed by atoms with Crippen molar-refractivity contribution in [1.29, 1.82) is 0 Å². The lowest BCUT2D eigenvalue weighted by Crippen LogP contribution is -2.18. The van der Waals surface area contributed by atoms with Crippen molar-refractivity contribution in [2.75, 3.05) is 4.72 Å². The molecule has 0 atom stereocenters. The van der Waals surface area contributed by atoms with E-state index in [4.69, 9.17) is 0 Å². The fraction of sp³-hybridized carbons (Fsp3) is 0.158. The molecule has 0 saturated heterocycles. The van der Waals surface area contributed by atoms with Gasteiger partial charge in [-0.3, -0.25) is 4.72 Å². The SMILES string of the molecule is CCc1ccc(C(=O)O)cc1S(=O)(=O)Nc1cc(C(F)(F)F)ccc1-n1cccn1. The predicted molar refractivity (Wildman–Crippen MR) is 102 cm³/mol. The van der Waals surface area contributed by atoms with Crippen molar-refractivity contribution in [3.05, 3.63) is 71.5 Å². The number of aromatic nitrogens is 2. The second-order valence-electron chi connectivity index (χ2n) is 6.27. The molecule has 1 heterocycles. The van der Waals surface area contributed by atoms with Crippen LogP contribution < -0.4 is 4.72 Å². The average molecular weight is 439 g/mol. The van der Waals surface area contributed by atoms with E-state index in [0.717, 1.165) is 18.2 Å². The van der Waals surface area contributed by atoms with Gasteiger partial charge in [0.05, 0.1) is 27.4 Å². The van der Waals surface area contributed by atoms with Crippen LogP contribution in [0.1, 0.15) is 28.4 Å². The monoisotopic (exact) mass is 439 g/mol. The fourth-order valence-electron chi connectivity index (χ4n) is 2.83. The maximum absolute atomic E-state index is 13.2. The number of carbonyl (C=O) groups is 1. The Morgan fingerprint density at radius 1 is 1.20 bits per heavy atom. The molecular formula is C19H16F3N3O4S. The summed E-state index contributed by atoms with van der Waals surface area (Å²) in [6.07, 6.45) is -1.59. The van der Waals surface area contributed by atoms with Gasteiger partial charge in [-0.1, -0.05) is 13.0 Å². The highest BCUT2D eigenvalue weighted by Crippen LogP contribution is 2.34. The number of carboxylic acid groups (broad SMARTS) is 1.